The quantitative estimate of drug-likeness (QED) is 0.156. The Morgan fingerprint density at radius 3 is 2.21 bits per heavy atom. The van der Waals surface area contributed by atoms with Crippen molar-refractivity contribution >= 4 is 44.6 Å². The molecule has 9 rings (SSSR count). The number of fused-ring (bicyclic) bond motifs is 4. The van der Waals surface area contributed by atoms with Crippen molar-refractivity contribution in [1.82, 2.24) is 9.55 Å². The van der Waals surface area contributed by atoms with E-state index in [1.165, 1.54) is 16.7 Å². The van der Waals surface area contributed by atoms with Crippen LogP contribution in [0, 0.1) is 18.8 Å². The van der Waals surface area contributed by atoms with Crippen LogP contribution in [0.4, 0.5) is 22.7 Å². The Bertz CT molecular complexity index is 2500. The first kappa shape index (κ1) is 33.5. The average Bonchev–Trinajstić information content (AvgIpc) is 3.71. The first-order chi connectivity index (χ1) is 24.9. The van der Waals surface area contributed by atoms with Crippen LogP contribution in [0.25, 0.3) is 38.8 Å². The molecule has 0 aliphatic carbocycles. The van der Waals surface area contributed by atoms with E-state index in [-0.39, 0.29) is 26.5 Å². The fraction of sp³-hybridized carbons (Fsp3) is 0.0870. The Morgan fingerprint density at radius 1 is 0.654 bits per heavy atom. The van der Waals surface area contributed by atoms with Crippen LogP contribution >= 0.6 is 0 Å². The molecule has 258 valence electrons. The Kier molecular flexibility index (Phi) is 8.69. The summed E-state index contributed by atoms with van der Waals surface area (Å²) >= 11 is 0. The molecule has 1 aliphatic heterocycles. The van der Waals surface area contributed by atoms with Crippen LogP contribution in [0.3, 0.4) is 0 Å². The molecule has 0 fully saturated rings. The molecule has 0 radical (unpaired) electrons. The molecule has 0 unspecified atom stereocenters. The second-order valence-electron chi connectivity index (χ2n) is 13.8. The third kappa shape index (κ3) is 5.95. The normalized spacial score (nSPS) is 12.6. The zero-order valence-electron chi connectivity index (χ0n) is 29.0. The molecule has 0 N–H and O–H groups in total. The summed E-state index contributed by atoms with van der Waals surface area (Å²) in [7, 11) is 0. The van der Waals surface area contributed by atoms with Crippen LogP contribution in [0.2, 0.25) is 0 Å². The summed E-state index contributed by atoms with van der Waals surface area (Å²) < 4.78 is 8.57. The molecule has 0 bridgehead atoms. The van der Waals surface area contributed by atoms with E-state index < -0.39 is 0 Å². The third-order valence-electron chi connectivity index (χ3n) is 9.50. The van der Waals surface area contributed by atoms with Gasteiger partial charge in [0.1, 0.15) is 5.82 Å². The maximum atomic E-state index is 6.43. The van der Waals surface area contributed by atoms with Gasteiger partial charge in [0, 0.05) is 61.0 Å². The van der Waals surface area contributed by atoms with Gasteiger partial charge < -0.3 is 19.1 Å². The Balaban J connectivity index is 0.00000387. The van der Waals surface area contributed by atoms with E-state index in [0.717, 1.165) is 50.4 Å². The summed E-state index contributed by atoms with van der Waals surface area (Å²) in [6.07, 6.45) is 0. The van der Waals surface area contributed by atoms with Gasteiger partial charge in [0.25, 0.3) is 0 Å². The average molecular weight is 855 g/mol. The maximum Gasteiger partial charge on any atom is 0.218 e. The molecule has 6 aromatic carbocycles. The minimum Gasteiger partial charge on any atom is -0.493 e. The minimum absolute atomic E-state index is 0. The third-order valence-corrected chi connectivity index (χ3v) is 9.50. The molecule has 8 aromatic rings. The number of rotatable bonds is 6. The van der Waals surface area contributed by atoms with E-state index in [1.807, 2.05) is 42.5 Å². The molecule has 5 nitrogen and oxygen atoms in total. The standard InChI is InChI=1S/C46H35N4O.Pt/c1-46(2,3)33-27-28-36(32-15-5-4-6-16-32)43(29-33)49-31-48(41-23-11-12-24-42(41)49)34-17-13-18-35(30-34)51-45-26-14-25-44(47-45)50-39-21-9-7-19-37(39)38-20-8-10-22-40(38)50;/h4-21,23-29,31H,1-3H3;/q-3;. The minimum atomic E-state index is -0.00646. The number of hydrogen-bond donors (Lipinski definition) is 0. The summed E-state index contributed by atoms with van der Waals surface area (Å²) in [5.74, 6) is 1.83. The van der Waals surface area contributed by atoms with Crippen LogP contribution in [0.5, 0.6) is 11.6 Å². The molecular formula is C46H35N4OPt-3. The summed E-state index contributed by atoms with van der Waals surface area (Å²) in [5, 5.41) is 2.30. The molecular weight excluding hydrogens is 820 g/mol. The largest absolute Gasteiger partial charge is 0.493 e. The SMILES string of the molecule is CC(C)(C)c1ccc(-c2ccccc2)c(N2[CH-]N(c3[c-]c(Oc4cccc(-n5c6[c-]cccc6c6ccccc65)n4)ccc3)c3ccccc32)c1.[Pt]. The van der Waals surface area contributed by atoms with Gasteiger partial charge in [-0.05, 0) is 52.3 Å². The van der Waals surface area contributed by atoms with Gasteiger partial charge in [-0.2, -0.15) is 35.3 Å². The molecule has 0 atom stereocenters. The second-order valence-corrected chi connectivity index (χ2v) is 13.8. The first-order valence-electron chi connectivity index (χ1n) is 17.2. The van der Waals surface area contributed by atoms with E-state index in [9.17, 15) is 0 Å². The Labute approximate surface area is 319 Å². The van der Waals surface area contributed by atoms with Crippen molar-refractivity contribution in [3.8, 4) is 28.6 Å². The van der Waals surface area contributed by atoms with Crippen LogP contribution in [0.1, 0.15) is 26.3 Å². The van der Waals surface area contributed by atoms with Crippen molar-refractivity contribution in [2.75, 3.05) is 9.80 Å². The molecule has 0 spiro atoms. The van der Waals surface area contributed by atoms with Crippen LogP contribution < -0.4 is 14.5 Å². The van der Waals surface area contributed by atoms with Crippen LogP contribution in [0.15, 0.2) is 152 Å². The van der Waals surface area contributed by atoms with E-state index >= 15 is 0 Å². The van der Waals surface area contributed by atoms with Crippen molar-refractivity contribution in [1.29, 1.82) is 0 Å². The molecule has 0 saturated heterocycles. The number of anilines is 4. The number of hydrogen-bond acceptors (Lipinski definition) is 4. The summed E-state index contributed by atoms with van der Waals surface area (Å²) in [4.78, 5) is 9.44. The molecule has 6 heteroatoms. The summed E-state index contributed by atoms with van der Waals surface area (Å²) in [5.41, 5.74) is 9.81. The maximum absolute atomic E-state index is 6.43. The monoisotopic (exact) mass is 854 g/mol. The predicted octanol–water partition coefficient (Wildman–Crippen LogP) is 11.9. The van der Waals surface area contributed by atoms with Gasteiger partial charge >= 0.3 is 0 Å². The second kappa shape index (κ2) is 13.5. The molecule has 2 aromatic heterocycles. The summed E-state index contributed by atoms with van der Waals surface area (Å²) in [6, 6.07) is 59.2. The van der Waals surface area contributed by atoms with Crippen molar-refractivity contribution in [3.63, 3.8) is 0 Å². The number of ether oxygens (including phenoxy) is 1. The molecule has 0 amide bonds. The van der Waals surface area contributed by atoms with Crippen molar-refractivity contribution < 1.29 is 25.8 Å². The molecule has 52 heavy (non-hydrogen) atoms. The summed E-state index contributed by atoms with van der Waals surface area (Å²) in [6.45, 7) is 8.93. The molecule has 3 heterocycles. The number of nitrogens with zero attached hydrogens (tertiary/aromatic N) is 4. The number of pyridine rings is 1. The van der Waals surface area contributed by atoms with E-state index in [4.69, 9.17) is 9.72 Å². The van der Waals surface area contributed by atoms with Gasteiger partial charge in [-0.3, -0.25) is 0 Å². The van der Waals surface area contributed by atoms with Crippen molar-refractivity contribution in [2.45, 2.75) is 26.2 Å². The van der Waals surface area contributed by atoms with Gasteiger partial charge in [-0.25, -0.2) is 0 Å². The number of aromatic nitrogens is 2. The zero-order valence-corrected chi connectivity index (χ0v) is 31.3. The van der Waals surface area contributed by atoms with Crippen molar-refractivity contribution in [3.05, 3.63) is 176 Å². The van der Waals surface area contributed by atoms with Crippen molar-refractivity contribution in [2.24, 2.45) is 0 Å². The number of para-hydroxylation sites is 4. The smallest absolute Gasteiger partial charge is 0.218 e. The zero-order chi connectivity index (χ0) is 34.5. The van der Waals surface area contributed by atoms with E-state index in [0.29, 0.717) is 11.6 Å². The molecule has 1 aliphatic rings. The number of benzene rings is 6. The first-order valence-corrected chi connectivity index (χ1v) is 17.2. The van der Waals surface area contributed by atoms with Gasteiger partial charge in [0.05, 0.1) is 0 Å². The topological polar surface area (TPSA) is 33.5 Å². The van der Waals surface area contributed by atoms with Gasteiger partial charge in [-0.15, -0.1) is 35.9 Å². The van der Waals surface area contributed by atoms with Gasteiger partial charge in [0.2, 0.25) is 5.88 Å². The molecule has 0 saturated carbocycles. The van der Waals surface area contributed by atoms with Gasteiger partial charge in [-0.1, -0.05) is 105 Å². The van der Waals surface area contributed by atoms with Gasteiger partial charge in [0.15, 0.2) is 0 Å². The Hall–Kier alpha value is -5.64. The van der Waals surface area contributed by atoms with E-state index in [1.54, 1.807) is 0 Å². The fourth-order valence-electron chi connectivity index (χ4n) is 6.97. The fourth-order valence-corrected chi connectivity index (χ4v) is 6.97. The van der Waals surface area contributed by atoms with E-state index in [2.05, 4.69) is 163 Å². The van der Waals surface area contributed by atoms with Crippen LogP contribution in [-0.2, 0) is 26.5 Å². The van der Waals surface area contributed by atoms with Crippen LogP contribution in [-0.4, -0.2) is 9.55 Å². The Morgan fingerprint density at radius 2 is 1.38 bits per heavy atom. The predicted molar refractivity (Wildman–Crippen MR) is 208 cm³/mol.